The van der Waals surface area contributed by atoms with E-state index in [2.05, 4.69) is 11.4 Å². The molecule has 1 unspecified atom stereocenters. The number of amides is 1. The van der Waals surface area contributed by atoms with Gasteiger partial charge in [0.15, 0.2) is 0 Å². The Hall–Kier alpha value is -3.23. The van der Waals surface area contributed by atoms with Crippen LogP contribution in [-0.4, -0.2) is 32.7 Å². The van der Waals surface area contributed by atoms with E-state index in [4.69, 9.17) is 0 Å². The van der Waals surface area contributed by atoms with Crippen LogP contribution in [0.3, 0.4) is 0 Å². The first kappa shape index (κ1) is 25.4. The lowest BCUT2D eigenvalue weighted by molar-refractivity contribution is 0.0940. The average molecular weight is 484 g/mol. The van der Waals surface area contributed by atoms with Gasteiger partial charge in [-0.25, -0.2) is 4.39 Å². The lowest BCUT2D eigenvalue weighted by Crippen LogP contribution is -2.40. The molecule has 3 aromatic carbocycles. The molecule has 1 amide bonds. The first-order valence-corrected chi connectivity index (χ1v) is 12.3. The van der Waals surface area contributed by atoms with Gasteiger partial charge in [0.25, 0.3) is 5.91 Å². The second-order valence-electron chi connectivity index (χ2n) is 8.50. The van der Waals surface area contributed by atoms with Gasteiger partial charge >= 0.3 is 10.2 Å². The van der Waals surface area contributed by atoms with Crippen molar-refractivity contribution in [1.29, 1.82) is 0 Å². The van der Waals surface area contributed by atoms with Gasteiger partial charge in [-0.1, -0.05) is 48.0 Å². The second kappa shape index (κ2) is 10.4. The minimum atomic E-state index is -3.95. The highest BCUT2D eigenvalue weighted by Gasteiger charge is 2.27. The molecule has 0 saturated heterocycles. The Morgan fingerprint density at radius 1 is 1.00 bits per heavy atom. The van der Waals surface area contributed by atoms with Crippen molar-refractivity contribution in [2.24, 2.45) is 0 Å². The number of rotatable bonds is 8. The maximum atomic E-state index is 14.4. The van der Waals surface area contributed by atoms with Crippen molar-refractivity contribution < 1.29 is 17.6 Å². The molecule has 0 bridgehead atoms. The third-order valence-electron chi connectivity index (χ3n) is 5.64. The van der Waals surface area contributed by atoms with Crippen molar-refractivity contribution in [2.45, 2.75) is 33.4 Å². The van der Waals surface area contributed by atoms with Crippen LogP contribution in [0.2, 0.25) is 0 Å². The normalized spacial score (nSPS) is 12.4. The van der Waals surface area contributed by atoms with Gasteiger partial charge in [-0.3, -0.25) is 9.10 Å². The van der Waals surface area contributed by atoms with E-state index < -0.39 is 16.0 Å². The maximum absolute atomic E-state index is 14.4. The molecule has 0 aromatic heterocycles. The number of hydrogen-bond acceptors (Lipinski definition) is 3. The number of nitrogens with one attached hydrogen (secondary N) is 1. The van der Waals surface area contributed by atoms with Crippen LogP contribution in [0.4, 0.5) is 10.1 Å². The molecular formula is C26H30FN3O3S. The number of halogens is 1. The van der Waals surface area contributed by atoms with Crippen LogP contribution in [0.15, 0.2) is 66.7 Å². The van der Waals surface area contributed by atoms with Crippen molar-refractivity contribution in [3.8, 4) is 0 Å². The van der Waals surface area contributed by atoms with Gasteiger partial charge in [0, 0.05) is 19.7 Å². The van der Waals surface area contributed by atoms with Gasteiger partial charge in [0.2, 0.25) is 0 Å². The Balaban J connectivity index is 1.79. The summed E-state index contributed by atoms with van der Waals surface area (Å²) in [6.45, 7) is 5.90. The summed E-state index contributed by atoms with van der Waals surface area (Å²) >= 11 is 0. The zero-order valence-corrected chi connectivity index (χ0v) is 20.9. The Labute approximate surface area is 201 Å². The van der Waals surface area contributed by atoms with Gasteiger partial charge < -0.3 is 5.32 Å². The summed E-state index contributed by atoms with van der Waals surface area (Å²) in [6, 6.07) is 18.3. The van der Waals surface area contributed by atoms with Gasteiger partial charge in [0.1, 0.15) is 5.82 Å². The van der Waals surface area contributed by atoms with E-state index in [0.29, 0.717) is 11.1 Å². The minimum Gasteiger partial charge on any atom is -0.346 e. The van der Waals surface area contributed by atoms with Crippen molar-refractivity contribution in [3.63, 3.8) is 0 Å². The molecule has 1 atom stereocenters. The summed E-state index contributed by atoms with van der Waals surface area (Å²) in [4.78, 5) is 12.8. The van der Waals surface area contributed by atoms with E-state index in [1.165, 1.54) is 32.3 Å². The summed E-state index contributed by atoms with van der Waals surface area (Å²) in [7, 11) is -1.15. The van der Waals surface area contributed by atoms with Crippen LogP contribution in [0.1, 0.15) is 45.6 Å². The third kappa shape index (κ3) is 5.63. The van der Waals surface area contributed by atoms with Crippen molar-refractivity contribution in [2.75, 3.05) is 18.4 Å². The van der Waals surface area contributed by atoms with Crippen LogP contribution in [0.5, 0.6) is 0 Å². The molecule has 1 N–H and O–H groups in total. The standard InChI is InChI=1S/C26H30FN3O3S/c1-18-10-15-23(19(2)16-18)20(3)28-26(31)22-13-11-21(12-14-22)17-30(34(32,33)29(4)5)25-9-7-6-8-24(25)27/h6-16,20H,17H2,1-5H3,(H,28,31). The number of carbonyl (C=O) groups excluding carboxylic acids is 1. The molecule has 0 spiro atoms. The van der Waals surface area contributed by atoms with Crippen LogP contribution in [-0.2, 0) is 16.8 Å². The number of nitrogens with zero attached hydrogens (tertiary/aromatic N) is 2. The molecule has 34 heavy (non-hydrogen) atoms. The molecule has 0 aliphatic carbocycles. The summed E-state index contributed by atoms with van der Waals surface area (Å²) in [6.07, 6.45) is 0. The summed E-state index contributed by atoms with van der Waals surface area (Å²) in [5.74, 6) is -0.866. The first-order valence-electron chi connectivity index (χ1n) is 10.9. The molecule has 0 saturated carbocycles. The Morgan fingerprint density at radius 2 is 1.65 bits per heavy atom. The predicted octanol–water partition coefficient (Wildman–Crippen LogP) is 4.75. The molecule has 0 heterocycles. The number of carbonyl (C=O) groups is 1. The smallest absolute Gasteiger partial charge is 0.303 e. The Bertz CT molecular complexity index is 1270. The minimum absolute atomic E-state index is 0.0414. The lowest BCUT2D eigenvalue weighted by atomic mass is 10.00. The van der Waals surface area contributed by atoms with Crippen LogP contribution in [0.25, 0.3) is 0 Å². The first-order chi connectivity index (χ1) is 16.0. The lowest BCUT2D eigenvalue weighted by Gasteiger charge is -2.27. The molecule has 180 valence electrons. The quantitative estimate of drug-likeness (QED) is 0.503. The van der Waals surface area contributed by atoms with Gasteiger partial charge in [-0.05, 0) is 61.7 Å². The monoisotopic (exact) mass is 483 g/mol. The fourth-order valence-electron chi connectivity index (χ4n) is 3.74. The average Bonchev–Trinajstić information content (AvgIpc) is 2.78. The summed E-state index contributed by atoms with van der Waals surface area (Å²) < 4.78 is 42.3. The van der Waals surface area contributed by atoms with Gasteiger partial charge in [0.05, 0.1) is 18.3 Å². The molecule has 8 heteroatoms. The zero-order chi connectivity index (χ0) is 25.0. The van der Waals surface area contributed by atoms with Crippen molar-refractivity contribution >= 4 is 21.8 Å². The number of benzene rings is 3. The van der Waals surface area contributed by atoms with Gasteiger partial charge in [-0.15, -0.1) is 0 Å². The summed E-state index contributed by atoms with van der Waals surface area (Å²) in [5.41, 5.74) is 4.35. The maximum Gasteiger partial charge on any atom is 0.303 e. The molecular weight excluding hydrogens is 453 g/mol. The number of para-hydroxylation sites is 1. The molecule has 0 radical (unpaired) electrons. The number of hydrogen-bond donors (Lipinski definition) is 1. The highest BCUT2D eigenvalue weighted by molar-refractivity contribution is 7.90. The van der Waals surface area contributed by atoms with E-state index in [-0.39, 0.29) is 24.2 Å². The molecule has 3 rings (SSSR count). The van der Waals surface area contributed by atoms with Gasteiger partial charge in [-0.2, -0.15) is 12.7 Å². The molecule has 0 aliphatic rings. The second-order valence-corrected chi connectivity index (χ2v) is 10.6. The highest BCUT2D eigenvalue weighted by atomic mass is 32.2. The van der Waals surface area contributed by atoms with E-state index >= 15 is 0 Å². The third-order valence-corrected chi connectivity index (χ3v) is 7.45. The fraction of sp³-hybridized carbons (Fsp3) is 0.269. The Kier molecular flexibility index (Phi) is 7.74. The van der Waals surface area contributed by atoms with E-state index in [1.807, 2.05) is 32.9 Å². The molecule has 0 fully saturated rings. The molecule has 0 aliphatic heterocycles. The largest absolute Gasteiger partial charge is 0.346 e. The number of aryl methyl sites for hydroxylation is 2. The SMILES string of the molecule is Cc1ccc(C(C)NC(=O)c2ccc(CN(c3ccccc3F)S(=O)(=O)N(C)C)cc2)c(C)c1. The topological polar surface area (TPSA) is 69.7 Å². The fourth-order valence-corrected chi connectivity index (χ4v) is 4.84. The van der Waals surface area contributed by atoms with E-state index in [1.54, 1.807) is 30.3 Å². The van der Waals surface area contributed by atoms with Crippen LogP contribution < -0.4 is 9.62 Å². The van der Waals surface area contributed by atoms with Crippen LogP contribution in [0, 0.1) is 19.7 Å². The molecule has 6 nitrogen and oxygen atoms in total. The number of anilines is 1. The van der Waals surface area contributed by atoms with E-state index in [9.17, 15) is 17.6 Å². The van der Waals surface area contributed by atoms with Crippen molar-refractivity contribution in [3.05, 3.63) is 100 Å². The molecule has 3 aromatic rings. The van der Waals surface area contributed by atoms with Crippen molar-refractivity contribution in [1.82, 2.24) is 9.62 Å². The Morgan fingerprint density at radius 3 is 2.24 bits per heavy atom. The van der Waals surface area contributed by atoms with Crippen LogP contribution >= 0.6 is 0 Å². The van der Waals surface area contributed by atoms with E-state index in [0.717, 1.165) is 25.3 Å². The summed E-state index contributed by atoms with van der Waals surface area (Å²) in [5, 5.41) is 3.00. The highest BCUT2D eigenvalue weighted by Crippen LogP contribution is 2.25. The predicted molar refractivity (Wildman–Crippen MR) is 133 cm³/mol. The zero-order valence-electron chi connectivity index (χ0n) is 20.0.